The number of nitrogens with one attached hydrogen (secondary N) is 3. The zero-order valence-electron chi connectivity index (χ0n) is 23.3. The van der Waals surface area contributed by atoms with E-state index in [9.17, 15) is 28.4 Å². The summed E-state index contributed by atoms with van der Waals surface area (Å²) in [4.78, 5) is 63.2. The summed E-state index contributed by atoms with van der Waals surface area (Å²) in [5.41, 5.74) is 0.0741. The average Bonchev–Trinajstić information content (AvgIpc) is 2.89. The zero-order chi connectivity index (χ0) is 28.3. The van der Waals surface area contributed by atoms with Crippen molar-refractivity contribution in [2.45, 2.75) is 111 Å². The molecule has 0 aromatic carbocycles. The average molecular weight is 540 g/mol. The van der Waals surface area contributed by atoms with E-state index in [0.717, 1.165) is 43.5 Å². The Kier molecular flexibility index (Phi) is 16.6. The number of H-pyrrole nitrogens is 1. The van der Waals surface area contributed by atoms with Gasteiger partial charge in [0, 0.05) is 12.5 Å². The summed E-state index contributed by atoms with van der Waals surface area (Å²) in [6, 6.07) is -1.00. The third kappa shape index (κ3) is 12.5. The number of aromatic nitrogens is 2. The maximum Gasteiger partial charge on any atom is 0.351 e. The summed E-state index contributed by atoms with van der Waals surface area (Å²) < 4.78 is 14.2. The molecule has 3 N–H and O–H groups in total. The quantitative estimate of drug-likeness (QED) is 0.190. The molecule has 216 valence electrons. The Hall–Kier alpha value is -2.98. The molecule has 1 rings (SSSR count). The Morgan fingerprint density at radius 1 is 0.895 bits per heavy atom. The number of nitrogens with zero attached hydrogens (tertiary/aromatic N) is 2. The molecule has 0 aliphatic rings. The molecule has 0 aliphatic carbocycles. The molecule has 0 aliphatic heterocycles. The molecule has 11 heteroatoms. The van der Waals surface area contributed by atoms with Crippen LogP contribution in [0.2, 0.25) is 0 Å². The van der Waals surface area contributed by atoms with Gasteiger partial charge in [0.1, 0.15) is 0 Å². The molecular formula is C27H46FN5O5. The predicted octanol–water partition coefficient (Wildman–Crippen LogP) is 4.23. The van der Waals surface area contributed by atoms with Crippen molar-refractivity contribution in [2.75, 3.05) is 13.1 Å². The highest BCUT2D eigenvalue weighted by Gasteiger charge is 2.22. The molecule has 10 nitrogen and oxygen atoms in total. The standard InChI is InChI=1S/C27H46FN5O5/c1-4-7-8-9-10-11-12-13-14-15-18-33(27(38)32-20-22(28)25(36)30-26(32)37)31-23(34)19-29-24(35)21(16-5-2)17-6-3/h20-21H,4-19H2,1-3H3,(H,29,35)(H,31,34)(H,30,36,37). The Morgan fingerprint density at radius 3 is 2.00 bits per heavy atom. The molecule has 1 aromatic heterocycles. The normalized spacial score (nSPS) is 11.0. The fourth-order valence-corrected chi connectivity index (χ4v) is 4.28. The number of rotatable bonds is 18. The Bertz CT molecular complexity index is 971. The highest BCUT2D eigenvalue weighted by Crippen LogP contribution is 2.13. The Morgan fingerprint density at radius 2 is 1.45 bits per heavy atom. The van der Waals surface area contributed by atoms with Gasteiger partial charge in [-0.05, 0) is 19.3 Å². The van der Waals surface area contributed by atoms with Crippen LogP contribution in [0.4, 0.5) is 9.18 Å². The second kappa shape index (κ2) is 19.1. The van der Waals surface area contributed by atoms with Crippen LogP contribution in [0.5, 0.6) is 0 Å². The zero-order valence-corrected chi connectivity index (χ0v) is 23.3. The molecule has 0 fully saturated rings. The minimum absolute atomic E-state index is 0.0799. The molecule has 0 spiro atoms. The molecule has 0 radical (unpaired) electrons. The van der Waals surface area contributed by atoms with Gasteiger partial charge >= 0.3 is 11.7 Å². The van der Waals surface area contributed by atoms with Gasteiger partial charge in [-0.3, -0.25) is 24.8 Å². The van der Waals surface area contributed by atoms with Crippen molar-refractivity contribution in [3.8, 4) is 0 Å². The number of aromatic amines is 1. The van der Waals surface area contributed by atoms with E-state index < -0.39 is 29.0 Å². The van der Waals surface area contributed by atoms with Gasteiger partial charge in [-0.1, -0.05) is 91.4 Å². The summed E-state index contributed by atoms with van der Waals surface area (Å²) in [7, 11) is 0. The minimum atomic E-state index is -1.30. The number of hydrogen-bond donors (Lipinski definition) is 3. The van der Waals surface area contributed by atoms with Crippen molar-refractivity contribution in [3.63, 3.8) is 0 Å². The topological polar surface area (TPSA) is 133 Å². The van der Waals surface area contributed by atoms with Gasteiger partial charge in [0.15, 0.2) is 0 Å². The molecule has 38 heavy (non-hydrogen) atoms. The van der Waals surface area contributed by atoms with Crippen LogP contribution < -0.4 is 22.0 Å². The lowest BCUT2D eigenvalue weighted by Crippen LogP contribution is -2.53. The third-order valence-electron chi connectivity index (χ3n) is 6.40. The van der Waals surface area contributed by atoms with E-state index in [-0.39, 0.29) is 24.9 Å². The molecule has 3 amide bonds. The molecule has 0 saturated heterocycles. The van der Waals surface area contributed by atoms with Gasteiger partial charge in [-0.2, -0.15) is 4.39 Å². The van der Waals surface area contributed by atoms with Crippen LogP contribution in [0.25, 0.3) is 0 Å². The maximum atomic E-state index is 13.8. The van der Waals surface area contributed by atoms with E-state index >= 15 is 0 Å². The molecule has 1 heterocycles. The molecule has 0 bridgehead atoms. The van der Waals surface area contributed by atoms with Crippen molar-refractivity contribution < 1.29 is 18.8 Å². The Labute approximate surface area is 224 Å². The highest BCUT2D eigenvalue weighted by molar-refractivity contribution is 5.87. The third-order valence-corrected chi connectivity index (χ3v) is 6.40. The lowest BCUT2D eigenvalue weighted by atomic mass is 9.97. The van der Waals surface area contributed by atoms with Crippen LogP contribution in [-0.2, 0) is 9.59 Å². The van der Waals surface area contributed by atoms with Crippen molar-refractivity contribution in [1.82, 2.24) is 25.3 Å². The van der Waals surface area contributed by atoms with Gasteiger partial charge in [0.2, 0.25) is 11.7 Å². The SMILES string of the molecule is CCCCCCCCCCCCN(NC(=O)CNC(=O)C(CCC)CCC)C(=O)n1cc(F)c(=O)[nH]c1=O. The smallest absolute Gasteiger partial charge is 0.347 e. The van der Waals surface area contributed by atoms with Crippen LogP contribution in [0.1, 0.15) is 111 Å². The van der Waals surface area contributed by atoms with Crippen molar-refractivity contribution in [1.29, 1.82) is 0 Å². The summed E-state index contributed by atoms with van der Waals surface area (Å²) in [5, 5.41) is 3.53. The monoisotopic (exact) mass is 539 g/mol. The second-order valence-corrected chi connectivity index (χ2v) is 9.75. The largest absolute Gasteiger partial charge is 0.351 e. The summed E-state index contributed by atoms with van der Waals surface area (Å²) in [5.74, 6) is -2.36. The lowest BCUT2D eigenvalue weighted by Gasteiger charge is -2.24. The van der Waals surface area contributed by atoms with Crippen LogP contribution >= 0.6 is 0 Å². The number of amides is 3. The van der Waals surface area contributed by atoms with Crippen molar-refractivity contribution in [2.24, 2.45) is 5.92 Å². The fourth-order valence-electron chi connectivity index (χ4n) is 4.28. The van der Waals surface area contributed by atoms with Gasteiger partial charge in [0.25, 0.3) is 11.5 Å². The first-order valence-corrected chi connectivity index (χ1v) is 14.2. The van der Waals surface area contributed by atoms with Crippen molar-refractivity contribution >= 4 is 17.8 Å². The summed E-state index contributed by atoms with van der Waals surface area (Å²) in [6.07, 6.45) is 14.3. The summed E-state index contributed by atoms with van der Waals surface area (Å²) >= 11 is 0. The van der Waals surface area contributed by atoms with E-state index in [2.05, 4.69) is 17.7 Å². The number of halogens is 1. The van der Waals surface area contributed by atoms with E-state index in [1.54, 1.807) is 4.98 Å². The van der Waals surface area contributed by atoms with E-state index in [1.807, 2.05) is 13.8 Å². The Balaban J connectivity index is 2.73. The predicted molar refractivity (Wildman–Crippen MR) is 145 cm³/mol. The number of hydrazine groups is 1. The maximum absolute atomic E-state index is 13.8. The number of carbonyl (C=O) groups excluding carboxylic acids is 3. The van der Waals surface area contributed by atoms with E-state index in [4.69, 9.17) is 0 Å². The number of hydrogen-bond acceptors (Lipinski definition) is 5. The second-order valence-electron chi connectivity index (χ2n) is 9.75. The van der Waals surface area contributed by atoms with E-state index in [0.29, 0.717) is 30.0 Å². The highest BCUT2D eigenvalue weighted by atomic mass is 19.1. The van der Waals surface area contributed by atoms with Crippen LogP contribution in [0.3, 0.4) is 0 Å². The molecular weight excluding hydrogens is 493 g/mol. The van der Waals surface area contributed by atoms with Gasteiger partial charge in [-0.25, -0.2) is 19.2 Å². The molecule has 0 unspecified atom stereocenters. The first-order chi connectivity index (χ1) is 18.2. The van der Waals surface area contributed by atoms with Crippen LogP contribution in [0.15, 0.2) is 15.8 Å². The fraction of sp³-hybridized carbons (Fsp3) is 0.741. The van der Waals surface area contributed by atoms with Gasteiger partial charge in [-0.15, -0.1) is 0 Å². The van der Waals surface area contributed by atoms with Crippen molar-refractivity contribution in [3.05, 3.63) is 32.9 Å². The molecule has 1 aromatic rings. The minimum Gasteiger partial charge on any atom is -0.347 e. The van der Waals surface area contributed by atoms with Crippen LogP contribution in [0, 0.1) is 11.7 Å². The van der Waals surface area contributed by atoms with Crippen LogP contribution in [-0.4, -0.2) is 45.5 Å². The lowest BCUT2D eigenvalue weighted by molar-refractivity contribution is -0.130. The first kappa shape index (κ1) is 33.0. The first-order valence-electron chi connectivity index (χ1n) is 14.2. The number of unbranched alkanes of at least 4 members (excludes halogenated alkanes) is 9. The molecule has 0 saturated carbocycles. The van der Waals surface area contributed by atoms with Gasteiger partial charge < -0.3 is 5.32 Å². The number of carbonyl (C=O) groups is 3. The van der Waals surface area contributed by atoms with Gasteiger partial charge in [0.05, 0.1) is 12.7 Å². The summed E-state index contributed by atoms with van der Waals surface area (Å²) in [6.45, 7) is 5.89. The van der Waals surface area contributed by atoms with E-state index in [1.165, 1.54) is 32.1 Å². The molecule has 0 atom stereocenters.